The first-order valence-electron chi connectivity index (χ1n) is 3.21. The van der Waals surface area contributed by atoms with E-state index in [2.05, 4.69) is 26.2 Å². The summed E-state index contributed by atoms with van der Waals surface area (Å²) in [6.45, 7) is 9.33. The molecule has 9 heavy (non-hydrogen) atoms. The van der Waals surface area contributed by atoms with Crippen LogP contribution in [0.5, 0.6) is 0 Å². The second-order valence-electron chi connectivity index (χ2n) is 2.02. The summed E-state index contributed by atoms with van der Waals surface area (Å²) in [5, 5.41) is 0. The number of hydrogen-bond donors (Lipinski definition) is 0. The van der Waals surface area contributed by atoms with E-state index in [1.54, 1.807) is 0 Å². The highest BCUT2D eigenvalue weighted by molar-refractivity contribution is 5.12. The number of unbranched alkanes of at least 4 members (excludes halogenated alkanes) is 1. The first-order chi connectivity index (χ1) is 4.31. The largest absolute Gasteiger partial charge is 0.103 e. The van der Waals surface area contributed by atoms with Crippen molar-refractivity contribution in [1.82, 2.24) is 0 Å². The summed E-state index contributed by atoms with van der Waals surface area (Å²) in [7, 11) is 0. The molecule has 50 valence electrons. The summed E-state index contributed by atoms with van der Waals surface area (Å²) in [6.07, 6.45) is 8.09. The van der Waals surface area contributed by atoms with E-state index in [4.69, 9.17) is 0 Å². The van der Waals surface area contributed by atoms with Gasteiger partial charge in [-0.25, -0.2) is 0 Å². The highest BCUT2D eigenvalue weighted by Crippen LogP contribution is 1.98. The van der Waals surface area contributed by atoms with E-state index < -0.39 is 0 Å². The molecule has 0 aliphatic carbocycles. The topological polar surface area (TPSA) is 0 Å². The lowest BCUT2D eigenvalue weighted by molar-refractivity contribution is 1.04. The average Bonchev–Trinajstić information content (AvgIpc) is 1.89. The van der Waals surface area contributed by atoms with Gasteiger partial charge in [-0.2, -0.15) is 0 Å². The van der Waals surface area contributed by atoms with Crippen molar-refractivity contribution in [2.75, 3.05) is 0 Å². The monoisotopic (exact) mass is 122 g/mol. The normalized spacial score (nSPS) is 11.0. The van der Waals surface area contributed by atoms with Crippen LogP contribution < -0.4 is 0 Å². The number of rotatable bonds is 4. The molecule has 0 bridgehead atoms. The van der Waals surface area contributed by atoms with E-state index in [-0.39, 0.29) is 0 Å². The molecule has 0 heteroatoms. The van der Waals surface area contributed by atoms with E-state index in [1.165, 1.54) is 5.57 Å². The number of hydrogen-bond acceptors (Lipinski definition) is 0. The van der Waals surface area contributed by atoms with Crippen LogP contribution in [0.15, 0.2) is 37.0 Å². The Morgan fingerprint density at radius 2 is 2.00 bits per heavy atom. The zero-order chi connectivity index (χ0) is 7.11. The van der Waals surface area contributed by atoms with Crippen molar-refractivity contribution in [3.63, 3.8) is 0 Å². The van der Waals surface area contributed by atoms with Crippen LogP contribution >= 0.6 is 0 Å². The molecule has 0 aliphatic heterocycles. The van der Waals surface area contributed by atoms with E-state index in [0.29, 0.717) is 0 Å². The van der Waals surface area contributed by atoms with Gasteiger partial charge in [-0.3, -0.25) is 0 Å². The van der Waals surface area contributed by atoms with Crippen molar-refractivity contribution in [1.29, 1.82) is 0 Å². The van der Waals surface area contributed by atoms with Crippen molar-refractivity contribution in [2.45, 2.75) is 19.8 Å². The van der Waals surface area contributed by atoms with Gasteiger partial charge in [0.1, 0.15) is 0 Å². The molecule has 0 atom stereocenters. The van der Waals surface area contributed by atoms with Gasteiger partial charge >= 0.3 is 0 Å². The lowest BCUT2D eigenvalue weighted by atomic mass is 10.2. The van der Waals surface area contributed by atoms with Crippen LogP contribution in [0.4, 0.5) is 0 Å². The predicted octanol–water partition coefficient (Wildman–Crippen LogP) is 3.08. The van der Waals surface area contributed by atoms with Crippen molar-refractivity contribution in [3.8, 4) is 0 Å². The molecule has 0 spiro atoms. The van der Waals surface area contributed by atoms with E-state index >= 15 is 0 Å². The minimum atomic E-state index is 1.06. The third-order valence-corrected chi connectivity index (χ3v) is 1.16. The molecule has 0 N–H and O–H groups in total. The van der Waals surface area contributed by atoms with Crippen LogP contribution in [-0.4, -0.2) is 0 Å². The summed E-state index contributed by atoms with van der Waals surface area (Å²) in [5.74, 6) is 0. The molecule has 0 fully saturated rings. The first-order valence-corrected chi connectivity index (χ1v) is 3.21. The van der Waals surface area contributed by atoms with Crippen LogP contribution in [0.25, 0.3) is 0 Å². The summed E-state index contributed by atoms with van der Waals surface area (Å²) < 4.78 is 0. The Balaban J connectivity index is 3.42. The molecule has 0 saturated heterocycles. The summed E-state index contributed by atoms with van der Waals surface area (Å²) in [6, 6.07) is 0. The van der Waals surface area contributed by atoms with Gasteiger partial charge in [-0.15, -0.1) is 6.58 Å². The van der Waals surface area contributed by atoms with Crippen LogP contribution in [0.2, 0.25) is 0 Å². The van der Waals surface area contributed by atoms with Gasteiger partial charge in [-0.1, -0.05) is 30.4 Å². The Hall–Kier alpha value is -0.780. The minimum Gasteiger partial charge on any atom is -0.103 e. The lowest BCUT2D eigenvalue weighted by Gasteiger charge is -1.88. The van der Waals surface area contributed by atoms with E-state index in [1.807, 2.05) is 12.2 Å². The fourth-order valence-corrected chi connectivity index (χ4v) is 0.512. The maximum absolute atomic E-state index is 3.65. The van der Waals surface area contributed by atoms with Crippen molar-refractivity contribution in [2.24, 2.45) is 0 Å². The van der Waals surface area contributed by atoms with Gasteiger partial charge in [0.2, 0.25) is 0 Å². The van der Waals surface area contributed by atoms with Crippen molar-refractivity contribution >= 4 is 0 Å². The Bertz CT molecular complexity index is 118. The van der Waals surface area contributed by atoms with E-state index in [9.17, 15) is 0 Å². The van der Waals surface area contributed by atoms with Gasteiger partial charge < -0.3 is 0 Å². The molecule has 0 aromatic rings. The third kappa shape index (κ3) is 5.09. The highest BCUT2D eigenvalue weighted by Gasteiger charge is 1.77. The first kappa shape index (κ1) is 8.22. The number of allylic oxidation sites excluding steroid dienone is 4. The zero-order valence-corrected chi connectivity index (χ0v) is 6.06. The van der Waals surface area contributed by atoms with Crippen LogP contribution in [0.1, 0.15) is 19.8 Å². The summed E-state index contributed by atoms with van der Waals surface area (Å²) in [4.78, 5) is 0. The SMILES string of the molecule is C=CCCC=C(C)C=C. The molecule has 0 rings (SSSR count). The molecule has 0 radical (unpaired) electrons. The predicted molar refractivity (Wildman–Crippen MR) is 43.4 cm³/mol. The van der Waals surface area contributed by atoms with E-state index in [0.717, 1.165) is 12.8 Å². The van der Waals surface area contributed by atoms with Gasteiger partial charge in [0.15, 0.2) is 0 Å². The molecule has 0 unspecified atom stereocenters. The molecule has 0 amide bonds. The zero-order valence-electron chi connectivity index (χ0n) is 6.06. The smallest absolute Gasteiger partial charge is 0.0310 e. The minimum absolute atomic E-state index is 1.06. The van der Waals surface area contributed by atoms with Crippen molar-refractivity contribution < 1.29 is 0 Å². The Labute approximate surface area is 57.6 Å². The molecular formula is C9H14. The third-order valence-electron chi connectivity index (χ3n) is 1.16. The maximum Gasteiger partial charge on any atom is -0.0310 e. The summed E-state index contributed by atoms with van der Waals surface area (Å²) in [5.41, 5.74) is 1.25. The van der Waals surface area contributed by atoms with Gasteiger partial charge in [0.25, 0.3) is 0 Å². The maximum atomic E-state index is 3.65. The second-order valence-corrected chi connectivity index (χ2v) is 2.02. The fourth-order valence-electron chi connectivity index (χ4n) is 0.512. The second kappa shape index (κ2) is 5.36. The molecule has 0 saturated carbocycles. The molecule has 0 nitrogen and oxygen atoms in total. The van der Waals surface area contributed by atoms with Gasteiger partial charge in [-0.05, 0) is 19.8 Å². The Kier molecular flexibility index (Phi) is 4.89. The Morgan fingerprint density at radius 3 is 2.44 bits per heavy atom. The average molecular weight is 122 g/mol. The molecule has 0 aromatic carbocycles. The molecular weight excluding hydrogens is 108 g/mol. The lowest BCUT2D eigenvalue weighted by Crippen LogP contribution is -1.67. The summed E-state index contributed by atoms with van der Waals surface area (Å²) >= 11 is 0. The van der Waals surface area contributed by atoms with Crippen LogP contribution in [-0.2, 0) is 0 Å². The van der Waals surface area contributed by atoms with Crippen LogP contribution in [0.3, 0.4) is 0 Å². The quantitative estimate of drug-likeness (QED) is 0.305. The van der Waals surface area contributed by atoms with Gasteiger partial charge in [0.05, 0.1) is 0 Å². The Morgan fingerprint density at radius 1 is 1.33 bits per heavy atom. The fraction of sp³-hybridized carbons (Fsp3) is 0.333. The molecule has 0 aliphatic rings. The van der Waals surface area contributed by atoms with Crippen LogP contribution in [0, 0.1) is 0 Å². The van der Waals surface area contributed by atoms with Crippen molar-refractivity contribution in [3.05, 3.63) is 37.0 Å². The molecule has 0 aromatic heterocycles. The van der Waals surface area contributed by atoms with Gasteiger partial charge in [0, 0.05) is 0 Å². The standard InChI is InChI=1S/C9H14/c1-4-6-7-8-9(3)5-2/h4-5,8H,1-2,6-7H2,3H3. The highest BCUT2D eigenvalue weighted by atomic mass is 13.8. The molecule has 0 heterocycles.